The van der Waals surface area contributed by atoms with Crippen LogP contribution in [0.2, 0.25) is 0 Å². The van der Waals surface area contributed by atoms with Gasteiger partial charge in [-0.2, -0.15) is 0 Å². The summed E-state index contributed by atoms with van der Waals surface area (Å²) in [4.78, 5) is 41.9. The van der Waals surface area contributed by atoms with Crippen molar-refractivity contribution in [1.29, 1.82) is 0 Å². The number of halogens is 1. The summed E-state index contributed by atoms with van der Waals surface area (Å²) in [5, 5.41) is 3.49. The number of carbonyl (C=O) groups is 3. The molecule has 0 bridgehead atoms. The van der Waals surface area contributed by atoms with Crippen LogP contribution in [0.3, 0.4) is 0 Å². The zero-order valence-electron chi connectivity index (χ0n) is 19.3. The Bertz CT molecular complexity index is 1260. The van der Waals surface area contributed by atoms with Crippen molar-refractivity contribution in [2.24, 2.45) is 5.92 Å². The first-order chi connectivity index (χ1) is 16.1. The normalized spacial score (nSPS) is 24.7. The second-order valence-corrected chi connectivity index (χ2v) is 10.7. The molecule has 0 saturated heterocycles. The minimum atomic E-state index is -1.38. The van der Waals surface area contributed by atoms with Crippen molar-refractivity contribution >= 4 is 50.8 Å². The lowest BCUT2D eigenvalue weighted by Crippen LogP contribution is -2.59. The molecule has 0 fully saturated rings. The summed E-state index contributed by atoms with van der Waals surface area (Å²) in [5.74, 6) is -1.81. The molecule has 0 aromatic heterocycles. The molecule has 8 heteroatoms. The number of amides is 2. The minimum absolute atomic E-state index is 0.300. The van der Waals surface area contributed by atoms with Crippen LogP contribution in [0, 0.1) is 5.92 Å². The van der Waals surface area contributed by atoms with E-state index in [9.17, 15) is 14.4 Å². The van der Waals surface area contributed by atoms with Gasteiger partial charge in [0, 0.05) is 15.7 Å². The van der Waals surface area contributed by atoms with Gasteiger partial charge in [0.1, 0.15) is 11.0 Å². The number of fused-ring (bicyclic) bond motifs is 6. The molecule has 2 amide bonds. The zero-order valence-corrected chi connectivity index (χ0v) is 20.9. The van der Waals surface area contributed by atoms with Gasteiger partial charge in [0.2, 0.25) is 0 Å². The Morgan fingerprint density at radius 1 is 1.18 bits per heavy atom. The number of hydrogen-bond acceptors (Lipinski definition) is 6. The highest BCUT2D eigenvalue weighted by atomic mass is 79.9. The third-order valence-corrected chi connectivity index (χ3v) is 7.18. The van der Waals surface area contributed by atoms with Gasteiger partial charge in [-0.15, -0.1) is 0 Å². The van der Waals surface area contributed by atoms with Gasteiger partial charge >= 0.3 is 12.1 Å². The second-order valence-electron chi connectivity index (χ2n) is 9.75. The number of anilines is 2. The summed E-state index contributed by atoms with van der Waals surface area (Å²) in [7, 11) is 1.32. The van der Waals surface area contributed by atoms with Crippen molar-refractivity contribution in [2.75, 3.05) is 17.3 Å². The van der Waals surface area contributed by atoms with Gasteiger partial charge in [-0.3, -0.25) is 9.59 Å². The van der Waals surface area contributed by atoms with Crippen LogP contribution in [-0.2, 0) is 24.5 Å². The van der Waals surface area contributed by atoms with Gasteiger partial charge < -0.3 is 14.8 Å². The molecule has 1 aliphatic carbocycles. The molecule has 1 N–H and O–H groups in total. The topological polar surface area (TPSA) is 84.9 Å². The fourth-order valence-corrected chi connectivity index (χ4v) is 5.81. The number of nitrogens with one attached hydrogen (secondary N) is 1. The molecule has 2 aromatic carbocycles. The SMILES string of the molecule is COC(=O)C1CC=C2c3cc(Br)ccc3NC2C12C(=O)N(C(=O)OC(C)(C)C)c1ccccc12. The number of carbonyl (C=O) groups excluding carboxylic acids is 3. The summed E-state index contributed by atoms with van der Waals surface area (Å²) >= 11 is 3.53. The molecule has 2 aliphatic heterocycles. The van der Waals surface area contributed by atoms with Crippen molar-refractivity contribution in [1.82, 2.24) is 0 Å². The molecule has 3 atom stereocenters. The zero-order chi connectivity index (χ0) is 24.4. The van der Waals surface area contributed by atoms with E-state index < -0.39 is 40.9 Å². The number of imide groups is 1. The van der Waals surface area contributed by atoms with Gasteiger partial charge in [0.05, 0.1) is 24.8 Å². The molecule has 3 unspecified atom stereocenters. The number of benzene rings is 2. The molecule has 0 saturated carbocycles. The van der Waals surface area contributed by atoms with E-state index in [-0.39, 0.29) is 0 Å². The smallest absolute Gasteiger partial charge is 0.421 e. The molecular formula is C26H25BrN2O5. The highest BCUT2D eigenvalue weighted by Crippen LogP contribution is 2.58. The number of allylic oxidation sites excluding steroid dienone is 1. The highest BCUT2D eigenvalue weighted by Gasteiger charge is 2.66. The summed E-state index contributed by atoms with van der Waals surface area (Å²) in [6.45, 7) is 5.25. The van der Waals surface area contributed by atoms with Gasteiger partial charge in [-0.05, 0) is 62.6 Å². The van der Waals surface area contributed by atoms with Crippen molar-refractivity contribution < 1.29 is 23.9 Å². The Kier molecular flexibility index (Phi) is 5.13. The van der Waals surface area contributed by atoms with E-state index in [1.807, 2.05) is 36.4 Å². The van der Waals surface area contributed by atoms with Crippen LogP contribution in [0.5, 0.6) is 0 Å². The number of esters is 1. The molecule has 34 heavy (non-hydrogen) atoms. The average Bonchev–Trinajstić information content (AvgIpc) is 3.26. The highest BCUT2D eigenvalue weighted by molar-refractivity contribution is 9.10. The Labute approximate surface area is 206 Å². The molecule has 0 radical (unpaired) electrons. The average molecular weight is 525 g/mol. The van der Waals surface area contributed by atoms with Crippen LogP contribution >= 0.6 is 15.9 Å². The molecular weight excluding hydrogens is 500 g/mol. The Morgan fingerprint density at radius 3 is 2.62 bits per heavy atom. The summed E-state index contributed by atoms with van der Waals surface area (Å²) in [5.41, 5.74) is 1.61. The quantitative estimate of drug-likeness (QED) is 0.526. The van der Waals surface area contributed by atoms with Crippen molar-refractivity contribution in [3.8, 4) is 0 Å². The summed E-state index contributed by atoms with van der Waals surface area (Å²) < 4.78 is 11.7. The van der Waals surface area contributed by atoms with Crippen molar-refractivity contribution in [3.05, 3.63) is 64.1 Å². The van der Waals surface area contributed by atoms with Crippen LogP contribution in [0.15, 0.2) is 53.0 Å². The van der Waals surface area contributed by atoms with E-state index in [1.54, 1.807) is 32.9 Å². The van der Waals surface area contributed by atoms with Crippen LogP contribution in [0.25, 0.3) is 5.57 Å². The fraction of sp³-hybridized carbons (Fsp3) is 0.346. The number of methoxy groups -OCH3 is 1. The van der Waals surface area contributed by atoms with E-state index in [2.05, 4.69) is 21.2 Å². The Morgan fingerprint density at radius 2 is 1.91 bits per heavy atom. The van der Waals surface area contributed by atoms with Crippen LogP contribution in [-0.4, -0.2) is 36.7 Å². The molecule has 1 spiro atoms. The minimum Gasteiger partial charge on any atom is -0.469 e. The molecule has 176 valence electrons. The Hall–Kier alpha value is -3.13. The number of hydrogen-bond donors (Lipinski definition) is 1. The molecule has 3 aliphatic rings. The summed E-state index contributed by atoms with van der Waals surface area (Å²) in [6.07, 6.45) is 1.53. The fourth-order valence-electron chi connectivity index (χ4n) is 5.45. The largest absolute Gasteiger partial charge is 0.469 e. The first-order valence-corrected chi connectivity index (χ1v) is 11.9. The maximum Gasteiger partial charge on any atom is 0.421 e. The van der Waals surface area contributed by atoms with Gasteiger partial charge in [-0.25, -0.2) is 9.69 Å². The number of para-hydroxylation sites is 1. The predicted molar refractivity (Wildman–Crippen MR) is 131 cm³/mol. The lowest BCUT2D eigenvalue weighted by atomic mass is 9.60. The maximum absolute atomic E-state index is 14.4. The van der Waals surface area contributed by atoms with E-state index >= 15 is 0 Å². The van der Waals surface area contributed by atoms with E-state index in [4.69, 9.17) is 9.47 Å². The maximum atomic E-state index is 14.4. The first-order valence-electron chi connectivity index (χ1n) is 11.1. The number of rotatable bonds is 1. The standard InChI is InChI=1S/C26H25BrN2O5/c1-25(2,3)34-24(32)29-20-8-6-5-7-17(20)26(23(29)31)18(22(30)33-4)11-10-15-16-13-14(27)9-12-19(16)28-21(15)26/h5-10,12-13,18,21,28H,11H2,1-4H3. The molecule has 2 heterocycles. The van der Waals surface area contributed by atoms with E-state index in [0.717, 1.165) is 26.2 Å². The van der Waals surface area contributed by atoms with E-state index in [0.29, 0.717) is 17.7 Å². The lowest BCUT2D eigenvalue weighted by Gasteiger charge is -2.42. The Balaban J connectivity index is 1.73. The van der Waals surface area contributed by atoms with Gasteiger partial charge in [0.25, 0.3) is 5.91 Å². The third-order valence-electron chi connectivity index (χ3n) is 6.69. The molecule has 2 aromatic rings. The molecule has 5 rings (SSSR count). The van der Waals surface area contributed by atoms with Crippen LogP contribution < -0.4 is 10.2 Å². The van der Waals surface area contributed by atoms with Crippen LogP contribution in [0.4, 0.5) is 16.2 Å². The van der Waals surface area contributed by atoms with Gasteiger partial charge in [0.15, 0.2) is 0 Å². The predicted octanol–water partition coefficient (Wildman–Crippen LogP) is 5.04. The summed E-state index contributed by atoms with van der Waals surface area (Å²) in [6, 6.07) is 12.4. The first kappa shape index (κ1) is 22.7. The number of nitrogens with zero attached hydrogens (tertiary/aromatic N) is 1. The number of ether oxygens (including phenoxy) is 2. The van der Waals surface area contributed by atoms with Crippen molar-refractivity contribution in [3.63, 3.8) is 0 Å². The molecule has 7 nitrogen and oxygen atoms in total. The lowest BCUT2D eigenvalue weighted by molar-refractivity contribution is -0.151. The second kappa shape index (κ2) is 7.70. The third kappa shape index (κ3) is 3.11. The van der Waals surface area contributed by atoms with Crippen LogP contribution in [0.1, 0.15) is 38.3 Å². The van der Waals surface area contributed by atoms with Gasteiger partial charge in [-0.1, -0.05) is 40.2 Å². The monoisotopic (exact) mass is 524 g/mol. The van der Waals surface area contributed by atoms with E-state index in [1.165, 1.54) is 7.11 Å². The van der Waals surface area contributed by atoms with Crippen molar-refractivity contribution in [2.45, 2.75) is 44.2 Å².